The van der Waals surface area contributed by atoms with Crippen LogP contribution < -0.4 is 15.4 Å². The van der Waals surface area contributed by atoms with E-state index in [-0.39, 0.29) is 29.6 Å². The first-order valence-corrected chi connectivity index (χ1v) is 12.0. The van der Waals surface area contributed by atoms with E-state index in [9.17, 15) is 14.0 Å². The molecular formula is C25H37FN2O3. The Hall–Kier alpha value is -1.95. The molecule has 1 saturated heterocycles. The van der Waals surface area contributed by atoms with Crippen molar-refractivity contribution in [2.45, 2.75) is 83.6 Å². The highest BCUT2D eigenvalue weighted by molar-refractivity contribution is 6.03. The van der Waals surface area contributed by atoms with E-state index in [4.69, 9.17) is 4.74 Å². The quantitative estimate of drug-likeness (QED) is 0.338. The zero-order valence-corrected chi connectivity index (χ0v) is 18.8. The molecule has 172 valence electrons. The van der Waals surface area contributed by atoms with Gasteiger partial charge in [-0.15, -0.1) is 0 Å². The summed E-state index contributed by atoms with van der Waals surface area (Å²) >= 11 is 0. The van der Waals surface area contributed by atoms with Gasteiger partial charge in [0.1, 0.15) is 0 Å². The van der Waals surface area contributed by atoms with Gasteiger partial charge in [0.2, 0.25) is 11.8 Å². The maximum absolute atomic E-state index is 14.1. The van der Waals surface area contributed by atoms with Gasteiger partial charge in [-0.25, -0.2) is 4.39 Å². The smallest absolute Gasteiger partial charge is 0.230 e. The van der Waals surface area contributed by atoms with E-state index in [1.54, 1.807) is 0 Å². The van der Waals surface area contributed by atoms with Crippen LogP contribution in [0.25, 0.3) is 0 Å². The van der Waals surface area contributed by atoms with Gasteiger partial charge in [0, 0.05) is 18.4 Å². The summed E-state index contributed by atoms with van der Waals surface area (Å²) in [5.41, 5.74) is 1.05. The number of carbonyl (C=O) groups excluding carboxylic acids is 2. The molecule has 1 aromatic carbocycles. The minimum absolute atomic E-state index is 0.101. The second-order valence-electron chi connectivity index (χ2n) is 9.20. The second-order valence-corrected chi connectivity index (χ2v) is 9.20. The number of unbranched alkanes of at least 4 members (excludes halogenated alkanes) is 4. The van der Waals surface area contributed by atoms with E-state index < -0.39 is 0 Å². The molecule has 5 nitrogen and oxygen atoms in total. The van der Waals surface area contributed by atoms with Crippen LogP contribution in [0.1, 0.15) is 89.2 Å². The summed E-state index contributed by atoms with van der Waals surface area (Å²) in [5, 5.41) is 5.89. The molecule has 1 aliphatic carbocycles. The molecule has 1 aliphatic heterocycles. The van der Waals surface area contributed by atoms with E-state index in [1.807, 2.05) is 12.1 Å². The molecule has 1 aromatic rings. The minimum atomic E-state index is -0.284. The number of hydrogen-bond donors (Lipinski definition) is 2. The third kappa shape index (κ3) is 7.60. The third-order valence-electron chi connectivity index (χ3n) is 6.65. The van der Waals surface area contributed by atoms with Gasteiger partial charge < -0.3 is 10.1 Å². The van der Waals surface area contributed by atoms with Crippen molar-refractivity contribution >= 4 is 11.8 Å². The Bertz CT molecular complexity index is 733. The zero-order chi connectivity index (χ0) is 22.1. The second kappa shape index (κ2) is 12.2. The summed E-state index contributed by atoms with van der Waals surface area (Å²) in [5.74, 6) is 0.304. The van der Waals surface area contributed by atoms with Crippen LogP contribution in [0.5, 0.6) is 5.75 Å². The van der Waals surface area contributed by atoms with Crippen molar-refractivity contribution in [1.82, 2.24) is 10.6 Å². The van der Waals surface area contributed by atoms with E-state index >= 15 is 0 Å². The maximum Gasteiger partial charge on any atom is 0.230 e. The van der Waals surface area contributed by atoms with E-state index in [2.05, 4.69) is 17.6 Å². The van der Waals surface area contributed by atoms with Crippen molar-refractivity contribution in [3.8, 4) is 5.75 Å². The molecule has 0 radical (unpaired) electrons. The van der Waals surface area contributed by atoms with Gasteiger partial charge in [-0.1, -0.05) is 44.6 Å². The van der Waals surface area contributed by atoms with Crippen molar-refractivity contribution in [2.75, 3.05) is 13.2 Å². The highest BCUT2D eigenvalue weighted by atomic mass is 19.1. The van der Waals surface area contributed by atoms with Gasteiger partial charge in [0.05, 0.1) is 6.61 Å². The standard InChI is InChI=1S/C25H37FN2O3/c1-18(20-12-13-22(26)23(15-20)31-17-19-9-6-7-10-19)27-14-8-4-2-3-5-11-21-16-24(29)28-25(21)30/h12-13,15,18-19,21,27H,2-11,14,16-17H2,1H3,(H,28,29,30)/t18-,21?/m1/s1. The maximum atomic E-state index is 14.1. The van der Waals surface area contributed by atoms with Gasteiger partial charge in [-0.3, -0.25) is 14.9 Å². The molecule has 2 fully saturated rings. The van der Waals surface area contributed by atoms with Crippen molar-refractivity contribution < 1.29 is 18.7 Å². The molecule has 2 amide bonds. The number of hydrogen-bond acceptors (Lipinski definition) is 4. The fraction of sp³-hybridized carbons (Fsp3) is 0.680. The number of nitrogens with one attached hydrogen (secondary N) is 2. The molecule has 1 unspecified atom stereocenters. The highest BCUT2D eigenvalue weighted by Gasteiger charge is 2.29. The van der Waals surface area contributed by atoms with Crippen LogP contribution in [0.2, 0.25) is 0 Å². The van der Waals surface area contributed by atoms with Gasteiger partial charge in [0.15, 0.2) is 11.6 Å². The molecule has 3 rings (SSSR count). The summed E-state index contributed by atoms with van der Waals surface area (Å²) in [6.07, 6.45) is 11.5. The summed E-state index contributed by atoms with van der Waals surface area (Å²) in [4.78, 5) is 22.7. The molecule has 2 atom stereocenters. The fourth-order valence-electron chi connectivity index (χ4n) is 4.61. The van der Waals surface area contributed by atoms with Gasteiger partial charge in [0.25, 0.3) is 0 Å². The Morgan fingerprint density at radius 1 is 1.13 bits per heavy atom. The summed E-state index contributed by atoms with van der Waals surface area (Å²) in [6, 6.07) is 5.33. The van der Waals surface area contributed by atoms with Crippen LogP contribution in [-0.4, -0.2) is 25.0 Å². The van der Waals surface area contributed by atoms with Crippen LogP contribution in [-0.2, 0) is 9.59 Å². The number of benzene rings is 1. The van der Waals surface area contributed by atoms with Gasteiger partial charge in [-0.05, 0) is 62.8 Å². The molecule has 2 aliphatic rings. The zero-order valence-electron chi connectivity index (χ0n) is 18.8. The van der Waals surface area contributed by atoms with Crippen molar-refractivity contribution in [2.24, 2.45) is 11.8 Å². The van der Waals surface area contributed by atoms with Crippen molar-refractivity contribution in [1.29, 1.82) is 0 Å². The third-order valence-corrected chi connectivity index (χ3v) is 6.65. The highest BCUT2D eigenvalue weighted by Crippen LogP contribution is 2.28. The lowest BCUT2D eigenvalue weighted by molar-refractivity contribution is -0.125. The summed E-state index contributed by atoms with van der Waals surface area (Å²) < 4.78 is 19.9. The molecule has 0 bridgehead atoms. The fourth-order valence-corrected chi connectivity index (χ4v) is 4.61. The largest absolute Gasteiger partial charge is 0.490 e. The Balaban J connectivity index is 1.28. The Morgan fingerprint density at radius 2 is 1.87 bits per heavy atom. The molecule has 2 N–H and O–H groups in total. The van der Waals surface area contributed by atoms with E-state index in [1.165, 1.54) is 31.7 Å². The van der Waals surface area contributed by atoms with Crippen LogP contribution >= 0.6 is 0 Å². The van der Waals surface area contributed by atoms with Crippen LogP contribution in [0, 0.1) is 17.7 Å². The first-order chi connectivity index (χ1) is 15.0. The van der Waals surface area contributed by atoms with Gasteiger partial charge >= 0.3 is 0 Å². The number of carbonyl (C=O) groups is 2. The van der Waals surface area contributed by atoms with Gasteiger partial charge in [-0.2, -0.15) is 0 Å². The van der Waals surface area contributed by atoms with Crippen molar-refractivity contribution in [3.63, 3.8) is 0 Å². The lowest BCUT2D eigenvalue weighted by Gasteiger charge is -2.17. The predicted molar refractivity (Wildman–Crippen MR) is 119 cm³/mol. The summed E-state index contributed by atoms with van der Waals surface area (Å²) in [7, 11) is 0. The monoisotopic (exact) mass is 432 g/mol. The normalized spacial score (nSPS) is 20.3. The Kier molecular flexibility index (Phi) is 9.31. The van der Waals surface area contributed by atoms with Crippen LogP contribution in [0.15, 0.2) is 18.2 Å². The average Bonchev–Trinajstić information content (AvgIpc) is 3.38. The number of imide groups is 1. The Morgan fingerprint density at radius 3 is 2.61 bits per heavy atom. The number of ether oxygens (including phenoxy) is 1. The first kappa shape index (κ1) is 23.7. The molecule has 1 heterocycles. The molecular weight excluding hydrogens is 395 g/mol. The van der Waals surface area contributed by atoms with Crippen molar-refractivity contribution in [3.05, 3.63) is 29.6 Å². The molecule has 31 heavy (non-hydrogen) atoms. The van der Waals surface area contributed by atoms with E-state index in [0.717, 1.165) is 50.6 Å². The summed E-state index contributed by atoms with van der Waals surface area (Å²) in [6.45, 7) is 3.63. The number of amides is 2. The lowest BCUT2D eigenvalue weighted by atomic mass is 9.99. The lowest BCUT2D eigenvalue weighted by Crippen LogP contribution is -2.22. The predicted octanol–water partition coefficient (Wildman–Crippen LogP) is 5.05. The first-order valence-electron chi connectivity index (χ1n) is 12.0. The van der Waals surface area contributed by atoms with E-state index in [0.29, 0.717) is 24.7 Å². The molecule has 0 aromatic heterocycles. The molecule has 6 heteroatoms. The van der Waals surface area contributed by atoms with Crippen LogP contribution in [0.4, 0.5) is 4.39 Å². The Labute approximate surface area is 185 Å². The molecule has 1 saturated carbocycles. The minimum Gasteiger partial charge on any atom is -0.490 e. The number of halogens is 1. The topological polar surface area (TPSA) is 67.4 Å². The number of rotatable bonds is 13. The van der Waals surface area contributed by atoms with Crippen LogP contribution in [0.3, 0.4) is 0 Å². The average molecular weight is 433 g/mol. The SMILES string of the molecule is C[C@@H](NCCCCCCCC1CC(=O)NC1=O)c1ccc(F)c(OCC2CCCC2)c1. The molecule has 0 spiro atoms.